The highest BCUT2D eigenvalue weighted by Crippen LogP contribution is 2.40. The number of benzene rings is 1. The molecule has 2 aromatic rings. The van der Waals surface area contributed by atoms with Gasteiger partial charge in [0.25, 0.3) is 0 Å². The van der Waals surface area contributed by atoms with Crippen LogP contribution in [0.25, 0.3) is 11.0 Å². The molecule has 1 amide bonds. The van der Waals surface area contributed by atoms with Crippen molar-refractivity contribution in [3.63, 3.8) is 0 Å². The Morgan fingerprint density at radius 1 is 1.35 bits per heavy atom. The summed E-state index contributed by atoms with van der Waals surface area (Å²) >= 11 is 0. The lowest BCUT2D eigenvalue weighted by Crippen LogP contribution is -2.28. The van der Waals surface area contributed by atoms with Gasteiger partial charge in [0.1, 0.15) is 11.3 Å². The Balaban J connectivity index is 1.68. The van der Waals surface area contributed by atoms with Crippen LogP contribution in [-0.4, -0.2) is 28.9 Å². The van der Waals surface area contributed by atoms with Crippen molar-refractivity contribution < 1.29 is 19.1 Å². The van der Waals surface area contributed by atoms with Gasteiger partial charge >= 0.3 is 5.97 Å². The average Bonchev–Trinajstić information content (AvgIpc) is 3.12. The van der Waals surface area contributed by atoms with Crippen LogP contribution in [0.1, 0.15) is 12.2 Å². The molecule has 0 aliphatic heterocycles. The van der Waals surface area contributed by atoms with E-state index in [9.17, 15) is 9.59 Å². The van der Waals surface area contributed by atoms with Gasteiger partial charge in [0.15, 0.2) is 0 Å². The van der Waals surface area contributed by atoms with Gasteiger partial charge in [-0.2, -0.15) is 0 Å². The standard InChI is InChI=1S/C15H15NO4/c1-16(14(17)11-7-12(11)15(18)19)8-10-6-9-4-2-3-5-13(9)20-10/h2-6,11-12H,7-8H2,1H3,(H,18,19)/t11-,12-/m1/s1. The van der Waals surface area contributed by atoms with Crippen molar-refractivity contribution in [1.82, 2.24) is 4.90 Å². The molecular weight excluding hydrogens is 258 g/mol. The predicted octanol–water partition coefficient (Wildman–Crippen LogP) is 2.11. The quantitative estimate of drug-likeness (QED) is 0.926. The normalized spacial score (nSPS) is 20.9. The van der Waals surface area contributed by atoms with Gasteiger partial charge in [0.05, 0.1) is 18.4 Å². The molecule has 1 aliphatic carbocycles. The molecule has 1 aromatic carbocycles. The average molecular weight is 273 g/mol. The Bertz CT molecular complexity index is 642. The number of amides is 1. The van der Waals surface area contributed by atoms with E-state index in [1.165, 1.54) is 4.90 Å². The first kappa shape index (κ1) is 12.7. The molecule has 0 bridgehead atoms. The summed E-state index contributed by atoms with van der Waals surface area (Å²) in [6, 6.07) is 9.55. The summed E-state index contributed by atoms with van der Waals surface area (Å²) in [6.07, 6.45) is 0.443. The first-order valence-electron chi connectivity index (χ1n) is 6.51. The fourth-order valence-corrected chi connectivity index (χ4v) is 2.45. The second-order valence-electron chi connectivity index (χ2n) is 5.23. The topological polar surface area (TPSA) is 70.8 Å². The number of fused-ring (bicyclic) bond motifs is 1. The number of carboxylic acids is 1. The summed E-state index contributed by atoms with van der Waals surface area (Å²) < 4.78 is 5.65. The van der Waals surface area contributed by atoms with Gasteiger partial charge in [0, 0.05) is 12.4 Å². The predicted molar refractivity (Wildman–Crippen MR) is 71.9 cm³/mol. The van der Waals surface area contributed by atoms with Crippen molar-refractivity contribution >= 4 is 22.8 Å². The van der Waals surface area contributed by atoms with Crippen molar-refractivity contribution in [2.75, 3.05) is 7.05 Å². The highest BCUT2D eigenvalue weighted by atomic mass is 16.4. The van der Waals surface area contributed by atoms with E-state index in [0.717, 1.165) is 11.0 Å². The Hall–Kier alpha value is -2.30. The zero-order chi connectivity index (χ0) is 14.3. The van der Waals surface area contributed by atoms with Crippen LogP contribution in [0.5, 0.6) is 0 Å². The van der Waals surface area contributed by atoms with Crippen molar-refractivity contribution in [3.05, 3.63) is 36.1 Å². The van der Waals surface area contributed by atoms with Crippen LogP contribution in [0.3, 0.4) is 0 Å². The highest BCUT2D eigenvalue weighted by molar-refractivity contribution is 5.89. The highest BCUT2D eigenvalue weighted by Gasteiger charge is 2.49. The molecule has 1 saturated carbocycles. The van der Waals surface area contributed by atoms with E-state index in [4.69, 9.17) is 9.52 Å². The van der Waals surface area contributed by atoms with E-state index in [1.54, 1.807) is 7.05 Å². The zero-order valence-corrected chi connectivity index (χ0v) is 11.1. The van der Waals surface area contributed by atoms with E-state index in [0.29, 0.717) is 18.7 Å². The summed E-state index contributed by atoms with van der Waals surface area (Å²) in [5.41, 5.74) is 0.790. The van der Waals surface area contributed by atoms with E-state index in [2.05, 4.69) is 0 Å². The van der Waals surface area contributed by atoms with Crippen LogP contribution in [0.2, 0.25) is 0 Å². The number of para-hydroxylation sites is 1. The minimum absolute atomic E-state index is 0.127. The molecule has 0 spiro atoms. The second kappa shape index (κ2) is 4.67. The lowest BCUT2D eigenvalue weighted by molar-refractivity contribution is -0.141. The van der Waals surface area contributed by atoms with Crippen molar-refractivity contribution in [2.24, 2.45) is 11.8 Å². The number of aliphatic carboxylic acids is 1. The number of rotatable bonds is 4. The monoisotopic (exact) mass is 273 g/mol. The number of furan rings is 1. The minimum Gasteiger partial charge on any atom is -0.481 e. The minimum atomic E-state index is -0.888. The molecule has 2 atom stereocenters. The lowest BCUT2D eigenvalue weighted by atomic mass is 10.2. The van der Waals surface area contributed by atoms with Crippen LogP contribution < -0.4 is 0 Å². The number of carboxylic acid groups (broad SMARTS) is 1. The van der Waals surface area contributed by atoms with Gasteiger partial charge in [-0.1, -0.05) is 18.2 Å². The first-order chi connectivity index (χ1) is 9.56. The maximum absolute atomic E-state index is 12.1. The molecule has 20 heavy (non-hydrogen) atoms. The molecule has 0 saturated heterocycles. The molecule has 1 aromatic heterocycles. The van der Waals surface area contributed by atoms with Crippen LogP contribution in [0.4, 0.5) is 0 Å². The Kier molecular flexibility index (Phi) is 2.97. The molecular formula is C15H15NO4. The van der Waals surface area contributed by atoms with Crippen LogP contribution in [0, 0.1) is 11.8 Å². The van der Waals surface area contributed by atoms with Gasteiger partial charge in [-0.25, -0.2) is 0 Å². The lowest BCUT2D eigenvalue weighted by Gasteiger charge is -2.15. The van der Waals surface area contributed by atoms with Gasteiger partial charge in [0.2, 0.25) is 5.91 Å². The van der Waals surface area contributed by atoms with E-state index in [-0.39, 0.29) is 11.8 Å². The number of hydrogen-bond donors (Lipinski definition) is 1. The molecule has 0 radical (unpaired) electrons. The summed E-state index contributed by atoms with van der Waals surface area (Å²) in [5.74, 6) is -1.20. The largest absolute Gasteiger partial charge is 0.481 e. The summed E-state index contributed by atoms with van der Waals surface area (Å²) in [4.78, 5) is 24.4. The second-order valence-corrected chi connectivity index (χ2v) is 5.23. The molecule has 1 heterocycles. The number of nitrogens with zero attached hydrogens (tertiary/aromatic N) is 1. The molecule has 0 unspecified atom stereocenters. The first-order valence-corrected chi connectivity index (χ1v) is 6.51. The maximum Gasteiger partial charge on any atom is 0.307 e. The van der Waals surface area contributed by atoms with Crippen molar-refractivity contribution in [2.45, 2.75) is 13.0 Å². The SMILES string of the molecule is CN(Cc1cc2ccccc2o1)C(=O)[C@@H]1C[C@H]1C(=O)O. The summed E-state index contributed by atoms with van der Waals surface area (Å²) in [7, 11) is 1.67. The summed E-state index contributed by atoms with van der Waals surface area (Å²) in [6.45, 7) is 0.357. The summed E-state index contributed by atoms with van der Waals surface area (Å²) in [5, 5.41) is 9.85. The van der Waals surface area contributed by atoms with E-state index < -0.39 is 11.9 Å². The van der Waals surface area contributed by atoms with Crippen molar-refractivity contribution in [1.29, 1.82) is 0 Å². The van der Waals surface area contributed by atoms with Crippen LogP contribution in [0.15, 0.2) is 34.7 Å². The number of hydrogen-bond acceptors (Lipinski definition) is 3. The maximum atomic E-state index is 12.1. The Morgan fingerprint density at radius 3 is 2.75 bits per heavy atom. The molecule has 5 nitrogen and oxygen atoms in total. The van der Waals surface area contributed by atoms with Gasteiger partial charge in [-0.3, -0.25) is 9.59 Å². The Labute approximate surface area is 115 Å². The van der Waals surface area contributed by atoms with Gasteiger partial charge in [-0.05, 0) is 18.6 Å². The molecule has 1 fully saturated rings. The smallest absolute Gasteiger partial charge is 0.307 e. The fraction of sp³-hybridized carbons (Fsp3) is 0.333. The van der Waals surface area contributed by atoms with Crippen molar-refractivity contribution in [3.8, 4) is 0 Å². The third-order valence-electron chi connectivity index (χ3n) is 3.67. The third-order valence-corrected chi connectivity index (χ3v) is 3.67. The van der Waals surface area contributed by atoms with Gasteiger partial charge < -0.3 is 14.4 Å². The van der Waals surface area contributed by atoms with Crippen LogP contribution >= 0.6 is 0 Å². The molecule has 104 valence electrons. The molecule has 1 N–H and O–H groups in total. The molecule has 5 heteroatoms. The Morgan fingerprint density at radius 2 is 2.10 bits per heavy atom. The number of carbonyl (C=O) groups is 2. The third kappa shape index (κ3) is 2.27. The van der Waals surface area contributed by atoms with E-state index >= 15 is 0 Å². The number of carbonyl (C=O) groups excluding carboxylic acids is 1. The fourth-order valence-electron chi connectivity index (χ4n) is 2.45. The molecule has 1 aliphatic rings. The zero-order valence-electron chi connectivity index (χ0n) is 11.1. The van der Waals surface area contributed by atoms with E-state index in [1.807, 2.05) is 30.3 Å². The van der Waals surface area contributed by atoms with Gasteiger partial charge in [-0.15, -0.1) is 0 Å². The molecule has 3 rings (SSSR count). The van der Waals surface area contributed by atoms with Crippen LogP contribution in [-0.2, 0) is 16.1 Å².